The second-order valence-corrected chi connectivity index (χ2v) is 7.77. The molecule has 5 heteroatoms. The highest BCUT2D eigenvalue weighted by atomic mass is 16.5. The predicted octanol–water partition coefficient (Wildman–Crippen LogP) is 2.37. The molecule has 0 saturated heterocycles. The third kappa shape index (κ3) is 5.19. The zero-order valence-corrected chi connectivity index (χ0v) is 15.1. The predicted molar refractivity (Wildman–Crippen MR) is 97.7 cm³/mol. The summed E-state index contributed by atoms with van der Waals surface area (Å²) in [6, 6.07) is 8.28. The maximum absolute atomic E-state index is 12.1. The molecule has 0 spiro atoms. The van der Waals surface area contributed by atoms with Crippen molar-refractivity contribution in [2.75, 3.05) is 26.3 Å². The Labute approximate surface area is 150 Å². The first-order chi connectivity index (χ1) is 12.1. The molecular weight excluding hydrogens is 316 g/mol. The SMILES string of the molecule is CC1(CNC(=O)NCC(O)COCC2CC2)CCCc2ccccc21. The van der Waals surface area contributed by atoms with Crippen LogP contribution in [0.4, 0.5) is 4.79 Å². The molecule has 3 rings (SSSR count). The molecule has 1 aromatic rings. The van der Waals surface area contributed by atoms with E-state index < -0.39 is 6.10 Å². The summed E-state index contributed by atoms with van der Waals surface area (Å²) in [7, 11) is 0. The lowest BCUT2D eigenvalue weighted by Gasteiger charge is -2.36. The van der Waals surface area contributed by atoms with Crippen molar-refractivity contribution in [3.63, 3.8) is 0 Å². The van der Waals surface area contributed by atoms with Gasteiger partial charge in [-0.05, 0) is 49.1 Å². The molecule has 1 saturated carbocycles. The molecule has 2 unspecified atom stereocenters. The molecule has 0 aliphatic heterocycles. The van der Waals surface area contributed by atoms with Gasteiger partial charge in [-0.15, -0.1) is 0 Å². The van der Waals surface area contributed by atoms with Crippen molar-refractivity contribution in [1.29, 1.82) is 0 Å². The van der Waals surface area contributed by atoms with E-state index in [1.807, 2.05) is 0 Å². The summed E-state index contributed by atoms with van der Waals surface area (Å²) in [5, 5.41) is 15.6. The van der Waals surface area contributed by atoms with Gasteiger partial charge in [0.25, 0.3) is 0 Å². The summed E-state index contributed by atoms with van der Waals surface area (Å²) >= 11 is 0. The van der Waals surface area contributed by atoms with Crippen molar-refractivity contribution in [2.24, 2.45) is 5.92 Å². The van der Waals surface area contributed by atoms with Gasteiger partial charge in [0, 0.05) is 25.1 Å². The van der Waals surface area contributed by atoms with Gasteiger partial charge in [-0.25, -0.2) is 4.79 Å². The maximum atomic E-state index is 12.1. The maximum Gasteiger partial charge on any atom is 0.314 e. The van der Waals surface area contributed by atoms with Crippen molar-refractivity contribution in [3.8, 4) is 0 Å². The van der Waals surface area contributed by atoms with E-state index in [9.17, 15) is 9.90 Å². The summed E-state index contributed by atoms with van der Waals surface area (Å²) < 4.78 is 5.44. The zero-order chi connectivity index (χ0) is 17.7. The molecule has 2 aliphatic rings. The molecular formula is C20H30N2O3. The molecule has 0 aromatic heterocycles. The van der Waals surface area contributed by atoms with Gasteiger partial charge in [0.15, 0.2) is 0 Å². The number of aliphatic hydroxyl groups excluding tert-OH is 1. The Morgan fingerprint density at radius 2 is 2.16 bits per heavy atom. The fourth-order valence-electron chi connectivity index (χ4n) is 3.58. The molecule has 2 amide bonds. The fourth-order valence-corrected chi connectivity index (χ4v) is 3.58. The Kier molecular flexibility index (Phi) is 5.97. The number of amides is 2. The average molecular weight is 346 g/mol. The lowest BCUT2D eigenvalue weighted by molar-refractivity contribution is 0.0337. The van der Waals surface area contributed by atoms with Crippen LogP contribution in [0.5, 0.6) is 0 Å². The molecule has 2 atom stereocenters. The third-order valence-corrected chi connectivity index (χ3v) is 5.34. The molecule has 1 aromatic carbocycles. The third-order valence-electron chi connectivity index (χ3n) is 5.34. The number of carbonyl (C=O) groups is 1. The smallest absolute Gasteiger partial charge is 0.314 e. The summed E-state index contributed by atoms with van der Waals surface area (Å²) in [6.45, 7) is 4.03. The van der Waals surface area contributed by atoms with Crippen molar-refractivity contribution < 1.29 is 14.6 Å². The summed E-state index contributed by atoms with van der Waals surface area (Å²) in [6.07, 6.45) is 5.15. The van der Waals surface area contributed by atoms with Crippen LogP contribution in [0.15, 0.2) is 24.3 Å². The highest BCUT2D eigenvalue weighted by Gasteiger charge is 2.32. The number of rotatable bonds is 8. The summed E-state index contributed by atoms with van der Waals surface area (Å²) in [5.41, 5.74) is 2.70. The van der Waals surface area contributed by atoms with Crippen LogP contribution in [0.2, 0.25) is 0 Å². The van der Waals surface area contributed by atoms with Gasteiger partial charge < -0.3 is 20.5 Å². The van der Waals surface area contributed by atoms with Crippen molar-refractivity contribution >= 4 is 6.03 Å². The largest absolute Gasteiger partial charge is 0.389 e. The number of aryl methyl sites for hydroxylation is 1. The molecule has 138 valence electrons. The van der Waals surface area contributed by atoms with Crippen molar-refractivity contribution in [3.05, 3.63) is 35.4 Å². The normalized spacial score (nSPS) is 23.6. The number of ether oxygens (including phenoxy) is 1. The van der Waals surface area contributed by atoms with Crippen molar-refractivity contribution in [2.45, 2.75) is 50.5 Å². The van der Waals surface area contributed by atoms with Crippen LogP contribution in [-0.2, 0) is 16.6 Å². The van der Waals surface area contributed by atoms with Crippen LogP contribution in [0.1, 0.15) is 43.7 Å². The highest BCUT2D eigenvalue weighted by Crippen LogP contribution is 2.36. The van der Waals surface area contributed by atoms with Gasteiger partial charge >= 0.3 is 6.03 Å². The van der Waals surface area contributed by atoms with Gasteiger partial charge in [-0.3, -0.25) is 0 Å². The van der Waals surface area contributed by atoms with E-state index >= 15 is 0 Å². The molecule has 1 fully saturated rings. The van der Waals surface area contributed by atoms with Crippen LogP contribution in [-0.4, -0.2) is 43.5 Å². The zero-order valence-electron chi connectivity index (χ0n) is 15.1. The number of benzene rings is 1. The molecule has 5 nitrogen and oxygen atoms in total. The molecule has 0 bridgehead atoms. The van der Waals surface area contributed by atoms with Crippen LogP contribution in [0.25, 0.3) is 0 Å². The van der Waals surface area contributed by atoms with Gasteiger partial charge in [-0.2, -0.15) is 0 Å². The van der Waals surface area contributed by atoms with Gasteiger partial charge in [0.1, 0.15) is 0 Å². The Balaban J connectivity index is 1.39. The number of nitrogens with one attached hydrogen (secondary N) is 2. The first kappa shape index (κ1) is 18.2. The summed E-state index contributed by atoms with van der Waals surface area (Å²) in [5.74, 6) is 0.683. The first-order valence-corrected chi connectivity index (χ1v) is 9.43. The molecule has 25 heavy (non-hydrogen) atoms. The van der Waals surface area contributed by atoms with E-state index in [1.54, 1.807) is 0 Å². The second-order valence-electron chi connectivity index (χ2n) is 7.77. The average Bonchev–Trinajstić information content (AvgIpc) is 3.43. The van der Waals surface area contributed by atoms with E-state index in [4.69, 9.17) is 4.74 Å². The van der Waals surface area contributed by atoms with E-state index in [2.05, 4.69) is 41.8 Å². The van der Waals surface area contributed by atoms with Crippen LogP contribution >= 0.6 is 0 Å². The Morgan fingerprint density at radius 3 is 2.96 bits per heavy atom. The Hall–Kier alpha value is -1.59. The monoisotopic (exact) mass is 346 g/mol. The number of aliphatic hydroxyl groups is 1. The second kappa shape index (κ2) is 8.19. The standard InChI is InChI=1S/C20H30N2O3/c1-20(10-4-6-16-5-2-3-7-18(16)20)14-22-19(24)21-11-17(23)13-25-12-15-8-9-15/h2-3,5,7,15,17,23H,4,6,8-14H2,1H3,(H2,21,22,24). The number of hydrogen-bond acceptors (Lipinski definition) is 3. The van der Waals surface area contributed by atoms with Crippen LogP contribution in [0.3, 0.4) is 0 Å². The fraction of sp³-hybridized carbons (Fsp3) is 0.650. The van der Waals surface area contributed by atoms with E-state index in [1.165, 1.54) is 24.0 Å². The molecule has 3 N–H and O–H groups in total. The Morgan fingerprint density at radius 1 is 1.36 bits per heavy atom. The van der Waals surface area contributed by atoms with E-state index in [0.717, 1.165) is 25.9 Å². The number of hydrogen-bond donors (Lipinski definition) is 3. The van der Waals surface area contributed by atoms with Gasteiger partial charge in [0.2, 0.25) is 0 Å². The topological polar surface area (TPSA) is 70.6 Å². The lowest BCUT2D eigenvalue weighted by atomic mass is 9.71. The van der Waals surface area contributed by atoms with Crippen LogP contribution in [0, 0.1) is 5.92 Å². The minimum Gasteiger partial charge on any atom is -0.389 e. The summed E-state index contributed by atoms with van der Waals surface area (Å²) in [4.78, 5) is 12.1. The quantitative estimate of drug-likeness (QED) is 0.677. The van der Waals surface area contributed by atoms with Crippen molar-refractivity contribution in [1.82, 2.24) is 10.6 Å². The lowest BCUT2D eigenvalue weighted by Crippen LogP contribution is -2.46. The highest BCUT2D eigenvalue weighted by molar-refractivity contribution is 5.74. The van der Waals surface area contributed by atoms with Gasteiger partial charge in [0.05, 0.1) is 12.7 Å². The van der Waals surface area contributed by atoms with Crippen LogP contribution < -0.4 is 10.6 Å². The molecule has 0 radical (unpaired) electrons. The minimum absolute atomic E-state index is 0.0296. The minimum atomic E-state index is -0.657. The van der Waals surface area contributed by atoms with E-state index in [0.29, 0.717) is 12.5 Å². The number of urea groups is 1. The first-order valence-electron chi connectivity index (χ1n) is 9.43. The number of carbonyl (C=O) groups excluding carboxylic acids is 1. The van der Waals surface area contributed by atoms with Gasteiger partial charge in [-0.1, -0.05) is 31.2 Å². The molecule has 0 heterocycles. The molecule has 2 aliphatic carbocycles. The number of fused-ring (bicyclic) bond motifs is 1. The Bertz CT molecular complexity index is 588. The van der Waals surface area contributed by atoms with E-state index in [-0.39, 0.29) is 24.6 Å².